The largest absolute Gasteiger partial charge is 0.496 e. The minimum Gasteiger partial charge on any atom is -0.496 e. The lowest BCUT2D eigenvalue weighted by molar-refractivity contribution is -0.149. The number of nitrogens with zero attached hydrogens (tertiary/aromatic N) is 12. The van der Waals surface area contributed by atoms with Gasteiger partial charge >= 0.3 is 54.7 Å². The number of rotatable bonds is 23. The first-order valence-corrected chi connectivity index (χ1v) is 47.0. The van der Waals surface area contributed by atoms with Crippen LogP contribution in [0.1, 0.15) is 210 Å². The van der Waals surface area contributed by atoms with Crippen LogP contribution >= 0.6 is 11.6 Å². The number of hydrogen-bond donors (Lipinski definition) is 0. The monoisotopic (exact) mass is 2000 g/mol. The maximum absolute atomic E-state index is 13.9. The van der Waals surface area contributed by atoms with E-state index >= 15 is 0 Å². The van der Waals surface area contributed by atoms with E-state index < -0.39 is 128 Å². The first-order chi connectivity index (χ1) is 67.1. The Bertz CT molecular complexity index is 6330. The van der Waals surface area contributed by atoms with Crippen molar-refractivity contribution in [2.75, 3.05) is 89.5 Å². The second kappa shape index (κ2) is 40.2. The molecule has 9 aliphatic rings. The number of amides is 3. The van der Waals surface area contributed by atoms with Gasteiger partial charge in [0.15, 0.2) is 0 Å². The molecule has 6 aliphatic heterocycles. The first kappa shape index (κ1) is 102. The first-order valence-electron chi connectivity index (χ1n) is 46.6. The molecule has 756 valence electrons. The van der Waals surface area contributed by atoms with Crippen molar-refractivity contribution < 1.29 is 124 Å². The average molecular weight is 2010 g/mol. The van der Waals surface area contributed by atoms with Crippen LogP contribution in [0.5, 0.6) is 11.5 Å². The van der Waals surface area contributed by atoms with Crippen LogP contribution in [0.4, 0.5) is 89.3 Å². The number of carbonyl (C=O) groups excluding carboxylic acids is 6. The van der Waals surface area contributed by atoms with E-state index in [0.29, 0.717) is 134 Å². The Morgan fingerprint density at radius 3 is 1.11 bits per heavy atom. The Labute approximate surface area is 815 Å². The quantitative estimate of drug-likeness (QED) is 0.0327. The molecule has 0 unspecified atom stereocenters. The molecule has 0 spiro atoms. The van der Waals surface area contributed by atoms with Gasteiger partial charge in [-0.25, -0.2) is 61.8 Å². The number of cyclic esters (lactones) is 3. The summed E-state index contributed by atoms with van der Waals surface area (Å²) in [5.74, 6) is -4.76. The summed E-state index contributed by atoms with van der Waals surface area (Å²) in [7, 11) is 7.23. The minimum atomic E-state index is -4.59. The van der Waals surface area contributed by atoms with Gasteiger partial charge in [0.1, 0.15) is 29.8 Å². The fourth-order valence-electron chi connectivity index (χ4n) is 20.2. The standard InChI is InChI=1S/C34H34ClF5N4O4.C34H35F5N4O5.C34H37F3N4O5/c1-18-10-23(12-24(11-18)34(38,39)40)29-19(2)44(32(46)48-29)15-28-26(14-41-31(42-28)43-16-33(36,37)17-43)25-13-22(8-9-27(25)35)20-4-6-21(7-5-20)30(45)47-3;1-17-8-22(12-24(9-17)34(37,38)39)29-19(3)43(32(45)48-29)14-26-28(18(2)40-31(41-26)42-15-33(35,36)16-42)25-13-20(6-7-27(25)46-4)21-10-23(11-21)30(44)47-5;1-18-11-23(15-25(12-18)34(35,36)37)30-20(3)41(33(43)46-30)17-27-29(19(2)38-32(39-27)40-9-6-10-40)26-16-21(7-8-28(26)44-4)22-13-24(14-22)31(42)45-5/h8-14,19-21,29H,4-7,15-17H2,1-3H3;6-9,12-13,19,21,23,29H,10-11,14-16H2,1-5H3;7-8,11-12,15-16,20,22,24,30H,6,9-10,13-14,17H2,1-5H3/t19-,20?,21?,29-;19-,21?,23?,29-;20-,22?,24?,30-/m000/s1. The van der Waals surface area contributed by atoms with Crippen molar-refractivity contribution in [1.82, 2.24) is 44.6 Å². The number of hydrogen-bond acceptors (Lipinski definition) is 23. The van der Waals surface area contributed by atoms with Gasteiger partial charge in [-0.1, -0.05) is 64.7 Å². The second-order valence-electron chi connectivity index (χ2n) is 38.1. The van der Waals surface area contributed by atoms with Gasteiger partial charge in [-0.15, -0.1) is 0 Å². The zero-order valence-electron chi connectivity index (χ0n) is 80.0. The van der Waals surface area contributed by atoms with E-state index in [4.69, 9.17) is 59.5 Å². The number of benzene rings is 6. The Hall–Kier alpha value is -12.8. The topological polar surface area (TPSA) is 273 Å². The molecule has 26 nitrogen and oxygen atoms in total. The molecule has 9 aromatic rings. The molecule has 9 fully saturated rings. The normalized spacial score (nSPS) is 23.3. The molecule has 3 aromatic heterocycles. The molecule has 3 aliphatic carbocycles. The van der Waals surface area contributed by atoms with E-state index in [2.05, 4.69) is 24.8 Å². The zero-order chi connectivity index (χ0) is 102. The summed E-state index contributed by atoms with van der Waals surface area (Å²) in [5, 5.41) is 0.379. The van der Waals surface area contributed by atoms with E-state index in [1.165, 1.54) is 73.0 Å². The van der Waals surface area contributed by atoms with Crippen molar-refractivity contribution in [1.29, 1.82) is 0 Å². The molecule has 142 heavy (non-hydrogen) atoms. The van der Waals surface area contributed by atoms with Crippen LogP contribution in [-0.2, 0) is 81.0 Å². The third-order valence-corrected chi connectivity index (χ3v) is 28.6. The Balaban J connectivity index is 0.000000153. The number of methoxy groups -OCH3 is 5. The number of aromatic nitrogens is 6. The fourth-order valence-corrected chi connectivity index (χ4v) is 20.5. The average Bonchev–Trinajstić information content (AvgIpc) is 0.804. The van der Waals surface area contributed by atoms with E-state index in [0.717, 1.165) is 91.0 Å². The van der Waals surface area contributed by atoms with Crippen molar-refractivity contribution in [3.63, 3.8) is 0 Å². The van der Waals surface area contributed by atoms with E-state index in [9.17, 15) is 85.8 Å². The highest BCUT2D eigenvalue weighted by atomic mass is 35.5. The molecule has 40 heteroatoms. The SMILES string of the molecule is COC(=O)C1CC(c2ccc(OC)c(-c3c(C)nc(N4CC(F)(F)C4)nc3CN3C(=O)O[C@H](c4cc(C)cc(C(F)(F)F)c4)[C@@H]3C)c2)C1.COC(=O)C1CC(c2ccc(OC)c(-c3c(C)nc(N4CCC4)nc3CN3C(=O)O[C@H](c4cc(C)cc(C(F)(F)F)c4)[C@@H]3C)c2)C1.COC(=O)C1CCC(c2ccc(Cl)c(-c3cnc(N4CC(F)(F)C4)nc3CN3C(=O)O[C@H](c4cc(C)cc(C(F)(F)F)c4)[C@@H]3C)c2)CC1. The number of carbonyl (C=O) groups is 6. The van der Waals surface area contributed by atoms with Crippen LogP contribution in [0.25, 0.3) is 33.4 Å². The number of aryl methyl sites for hydroxylation is 5. The fraction of sp³-hybridized carbons (Fsp3) is 0.471. The zero-order valence-corrected chi connectivity index (χ0v) is 80.8. The van der Waals surface area contributed by atoms with E-state index in [1.807, 2.05) is 49.4 Å². The number of esters is 3. The van der Waals surface area contributed by atoms with Crippen LogP contribution < -0.4 is 24.2 Å². The van der Waals surface area contributed by atoms with Crippen molar-refractivity contribution in [3.8, 4) is 44.9 Å². The Kier molecular flexibility index (Phi) is 28.9. The third kappa shape index (κ3) is 21.5. The predicted octanol–water partition coefficient (Wildman–Crippen LogP) is 21.8. The Morgan fingerprint density at radius 1 is 0.408 bits per heavy atom. The van der Waals surface area contributed by atoms with Gasteiger partial charge in [-0.2, -0.15) is 39.5 Å². The van der Waals surface area contributed by atoms with Crippen molar-refractivity contribution >= 4 is 65.6 Å². The van der Waals surface area contributed by atoms with Crippen molar-refractivity contribution in [3.05, 3.63) is 216 Å². The molecular weight excluding hydrogens is 1900 g/mol. The lowest BCUT2D eigenvalue weighted by Crippen LogP contribution is -2.57. The van der Waals surface area contributed by atoms with Gasteiger partial charge in [0.2, 0.25) is 17.8 Å². The van der Waals surface area contributed by atoms with Crippen LogP contribution in [-0.4, -0.2) is 186 Å². The smallest absolute Gasteiger partial charge is 0.416 e. The van der Waals surface area contributed by atoms with Crippen molar-refractivity contribution in [2.45, 2.75) is 217 Å². The van der Waals surface area contributed by atoms with Gasteiger partial charge in [-0.3, -0.25) is 29.1 Å². The maximum atomic E-state index is 13.9. The van der Waals surface area contributed by atoms with Gasteiger partial charge < -0.3 is 52.6 Å². The molecule has 6 aromatic carbocycles. The lowest BCUT2D eigenvalue weighted by Gasteiger charge is -2.39. The highest BCUT2D eigenvalue weighted by molar-refractivity contribution is 6.33. The number of anilines is 3. The summed E-state index contributed by atoms with van der Waals surface area (Å²) in [5.41, 5.74) is 8.36. The van der Waals surface area contributed by atoms with E-state index in [-0.39, 0.29) is 102 Å². The summed E-state index contributed by atoms with van der Waals surface area (Å²) in [6, 6.07) is 26.0. The van der Waals surface area contributed by atoms with Crippen LogP contribution in [0, 0.1) is 52.4 Å². The summed E-state index contributed by atoms with van der Waals surface area (Å²) in [4.78, 5) is 113. The summed E-state index contributed by atoms with van der Waals surface area (Å²) >= 11 is 6.72. The number of halogens is 14. The third-order valence-electron chi connectivity index (χ3n) is 28.2. The molecule has 18 rings (SSSR count). The molecule has 3 saturated carbocycles. The molecule has 3 amide bonds. The highest BCUT2D eigenvalue weighted by Crippen LogP contribution is 2.52. The second-order valence-corrected chi connectivity index (χ2v) is 38.5. The lowest BCUT2D eigenvalue weighted by atomic mass is 9.71. The van der Waals surface area contributed by atoms with Gasteiger partial charge in [0.25, 0.3) is 11.8 Å². The highest BCUT2D eigenvalue weighted by Gasteiger charge is 2.51. The molecule has 6 saturated heterocycles. The summed E-state index contributed by atoms with van der Waals surface area (Å²) < 4.78 is 221. The van der Waals surface area contributed by atoms with E-state index in [1.54, 1.807) is 72.1 Å². The molecule has 0 bridgehead atoms. The summed E-state index contributed by atoms with van der Waals surface area (Å²) in [6.45, 7) is 12.5. The molecule has 9 heterocycles. The van der Waals surface area contributed by atoms with Gasteiger partial charge in [-0.05, 0) is 237 Å². The molecule has 0 N–H and O–H groups in total. The predicted molar refractivity (Wildman–Crippen MR) is 494 cm³/mol. The Morgan fingerprint density at radius 2 is 0.754 bits per heavy atom. The van der Waals surface area contributed by atoms with Gasteiger partial charge in [0.05, 0.1) is 162 Å². The van der Waals surface area contributed by atoms with Crippen LogP contribution in [0.15, 0.2) is 115 Å². The maximum Gasteiger partial charge on any atom is 0.416 e. The van der Waals surface area contributed by atoms with Crippen LogP contribution in [0.2, 0.25) is 5.02 Å². The van der Waals surface area contributed by atoms with Crippen LogP contribution in [0.3, 0.4) is 0 Å². The number of alkyl halides is 13. The van der Waals surface area contributed by atoms with Gasteiger partial charge in [0, 0.05) is 57.7 Å². The molecule has 6 atom stereocenters. The summed E-state index contributed by atoms with van der Waals surface area (Å²) in [6.07, 6.45) is -10.8. The molecular formula is C102H106ClF13N12O14. The van der Waals surface area contributed by atoms with Crippen molar-refractivity contribution in [2.24, 2.45) is 17.8 Å². The minimum absolute atomic E-state index is 0.0508. The number of ether oxygens (including phenoxy) is 8. The molecule has 0 radical (unpaired) electrons.